The Labute approximate surface area is 179 Å². The topological polar surface area (TPSA) is 76.0 Å². The summed E-state index contributed by atoms with van der Waals surface area (Å²) in [5, 5.41) is 0. The number of hydrogen-bond acceptors (Lipinski definition) is 3. The molecule has 0 bridgehead atoms. The van der Waals surface area contributed by atoms with Crippen molar-refractivity contribution < 1.29 is 126 Å². The molecule has 0 heterocycles. The van der Waals surface area contributed by atoms with E-state index in [2.05, 4.69) is 4.52 Å². The molecule has 0 saturated carbocycles. The summed E-state index contributed by atoms with van der Waals surface area (Å²) in [4.78, 5) is 16.7. The average Bonchev–Trinajstić information content (AvgIpc) is 2.13. The van der Waals surface area contributed by atoms with Gasteiger partial charge < -0.3 is 14.5 Å². The van der Waals surface area contributed by atoms with Crippen molar-refractivity contribution in [3.63, 3.8) is 0 Å². The summed E-state index contributed by atoms with van der Waals surface area (Å²) >= 11 is 0. The van der Waals surface area contributed by atoms with Gasteiger partial charge in [0.2, 0.25) is 0 Å². The van der Waals surface area contributed by atoms with Gasteiger partial charge in [-0.1, -0.05) is 18.2 Å². The monoisotopic (exact) mass is 296 g/mol. The minimum absolute atomic E-state index is 0. The Morgan fingerprint density at radius 2 is 1.62 bits per heavy atom. The van der Waals surface area contributed by atoms with Crippen LogP contribution in [0.2, 0.25) is 0 Å². The van der Waals surface area contributed by atoms with Crippen molar-refractivity contribution in [2.75, 3.05) is 13.2 Å². The molecule has 0 aliphatic carbocycles. The maximum atomic E-state index is 10.3. The second kappa shape index (κ2) is 11.2. The third-order valence-corrected chi connectivity index (χ3v) is 1.87. The zero-order chi connectivity index (χ0) is 10.4. The molecule has 0 aromatic heterocycles. The van der Waals surface area contributed by atoms with E-state index in [0.29, 0.717) is 5.75 Å². The molecule has 0 spiro atoms. The minimum Gasteiger partial charge on any atom is -0.491 e. The number of benzene rings is 1. The van der Waals surface area contributed by atoms with Crippen LogP contribution in [-0.4, -0.2) is 23.0 Å². The maximum Gasteiger partial charge on any atom is 1.00 e. The van der Waals surface area contributed by atoms with E-state index in [4.69, 9.17) is 14.5 Å². The van der Waals surface area contributed by atoms with Gasteiger partial charge in [0.05, 0.1) is 6.61 Å². The van der Waals surface area contributed by atoms with Crippen LogP contribution in [0.1, 0.15) is 0 Å². The van der Waals surface area contributed by atoms with Gasteiger partial charge in [0.1, 0.15) is 12.4 Å². The van der Waals surface area contributed by atoms with Gasteiger partial charge in [-0.05, 0) is 12.1 Å². The second-order valence-electron chi connectivity index (χ2n) is 2.49. The van der Waals surface area contributed by atoms with Gasteiger partial charge in [-0.3, -0.25) is 4.52 Å². The van der Waals surface area contributed by atoms with Gasteiger partial charge in [-0.2, -0.15) is 0 Å². The number of phosphoric acid groups is 1. The first kappa shape index (κ1) is 20.7. The van der Waals surface area contributed by atoms with E-state index in [1.165, 1.54) is 0 Å². The fourth-order valence-corrected chi connectivity index (χ4v) is 1.14. The van der Waals surface area contributed by atoms with Crippen molar-refractivity contribution in [3.05, 3.63) is 30.3 Å². The van der Waals surface area contributed by atoms with E-state index in [1.54, 1.807) is 24.3 Å². The molecule has 0 radical (unpaired) electrons. The molecule has 0 fully saturated rings. The van der Waals surface area contributed by atoms with Crippen LogP contribution in [0.15, 0.2) is 30.3 Å². The maximum absolute atomic E-state index is 10.3. The van der Waals surface area contributed by atoms with Crippen molar-refractivity contribution in [1.82, 2.24) is 0 Å². The predicted molar refractivity (Wildman–Crippen MR) is 49.9 cm³/mol. The number of ether oxygens (including phenoxy) is 1. The van der Waals surface area contributed by atoms with Crippen LogP contribution in [0.4, 0.5) is 0 Å². The quantitative estimate of drug-likeness (QED) is 0.324. The van der Waals surface area contributed by atoms with E-state index < -0.39 is 7.82 Å². The molecule has 0 saturated heterocycles. The Morgan fingerprint density at radius 3 is 2.12 bits per heavy atom. The average molecular weight is 296 g/mol. The largest absolute Gasteiger partial charge is 1.00 e. The van der Waals surface area contributed by atoms with Crippen LogP contribution in [0.5, 0.6) is 5.75 Å². The zero-order valence-corrected chi connectivity index (χ0v) is 16.5. The first-order valence-corrected chi connectivity index (χ1v) is 5.49. The van der Waals surface area contributed by atoms with Gasteiger partial charge in [0, 0.05) is 0 Å². The zero-order valence-electron chi connectivity index (χ0n) is 9.37. The van der Waals surface area contributed by atoms with Gasteiger partial charge in [-0.15, -0.1) is 0 Å². The molecule has 0 amide bonds. The third-order valence-electron chi connectivity index (χ3n) is 1.35. The van der Waals surface area contributed by atoms with E-state index in [-0.39, 0.29) is 116 Å². The summed E-state index contributed by atoms with van der Waals surface area (Å²) in [7, 11) is -4.37. The summed E-state index contributed by atoms with van der Waals surface area (Å²) in [5.41, 5.74) is 0. The first-order chi connectivity index (χ1) is 6.58. The Kier molecular flexibility index (Phi) is 14.6. The molecule has 2 N–H and O–H groups in total. The van der Waals surface area contributed by atoms with Crippen molar-refractivity contribution in [1.29, 1.82) is 0 Å². The van der Waals surface area contributed by atoms with E-state index >= 15 is 0 Å². The molecule has 16 heavy (non-hydrogen) atoms. The van der Waals surface area contributed by atoms with Gasteiger partial charge in [0.25, 0.3) is 0 Å². The van der Waals surface area contributed by atoms with Crippen LogP contribution >= 0.6 is 7.82 Å². The van der Waals surface area contributed by atoms with Gasteiger partial charge in [-0.25, -0.2) is 4.57 Å². The number of hydrogen-bond donors (Lipinski definition) is 2. The molecule has 5 nitrogen and oxygen atoms in total. The number of rotatable bonds is 5. The molecular formula is C8H11K2O5P+2. The number of phosphoric ester groups is 1. The van der Waals surface area contributed by atoms with Crippen LogP contribution in [0.25, 0.3) is 0 Å². The Morgan fingerprint density at radius 1 is 1.06 bits per heavy atom. The molecule has 0 atom stereocenters. The molecular weight excluding hydrogens is 285 g/mol. The SMILES string of the molecule is O=P(O)(O)OCCOc1ccccc1.[K+].[K+]. The van der Waals surface area contributed by atoms with Gasteiger partial charge >= 0.3 is 111 Å². The predicted octanol–water partition coefficient (Wildman–Crippen LogP) is -4.82. The molecule has 0 aliphatic heterocycles. The molecule has 1 rings (SSSR count). The van der Waals surface area contributed by atoms with Crippen LogP contribution in [0.3, 0.4) is 0 Å². The van der Waals surface area contributed by atoms with Crippen molar-refractivity contribution in [3.8, 4) is 5.75 Å². The van der Waals surface area contributed by atoms with Gasteiger partial charge in [0.15, 0.2) is 0 Å². The van der Waals surface area contributed by atoms with Crippen molar-refractivity contribution in [2.24, 2.45) is 0 Å². The first-order valence-electron chi connectivity index (χ1n) is 3.96. The summed E-state index contributed by atoms with van der Waals surface area (Å²) in [6.45, 7) is -0.0334. The second-order valence-corrected chi connectivity index (χ2v) is 3.72. The smallest absolute Gasteiger partial charge is 0.491 e. The summed E-state index contributed by atoms with van der Waals surface area (Å²) in [6, 6.07) is 8.95. The van der Waals surface area contributed by atoms with Crippen LogP contribution in [-0.2, 0) is 9.09 Å². The fraction of sp³-hybridized carbons (Fsp3) is 0.250. The molecule has 0 unspecified atom stereocenters. The fourth-order valence-electron chi connectivity index (χ4n) is 0.832. The third kappa shape index (κ3) is 11.5. The van der Waals surface area contributed by atoms with Crippen LogP contribution < -0.4 is 108 Å². The summed E-state index contributed by atoms with van der Waals surface area (Å²) < 4.78 is 19.6. The molecule has 1 aromatic carbocycles. The molecule has 8 heteroatoms. The normalized spacial score (nSPS) is 9.88. The number of para-hydroxylation sites is 1. The molecule has 0 aliphatic rings. The Bertz CT molecular complexity index is 315. The van der Waals surface area contributed by atoms with Crippen molar-refractivity contribution in [2.45, 2.75) is 0 Å². The standard InChI is InChI=1S/C8H11O5P.2K/c9-14(10,11)13-7-6-12-8-4-2-1-3-5-8;;/h1-5H,6-7H2,(H2,9,10,11);;/q;2*+1. The van der Waals surface area contributed by atoms with E-state index in [0.717, 1.165) is 0 Å². The van der Waals surface area contributed by atoms with Crippen molar-refractivity contribution >= 4 is 7.82 Å². The molecule has 1 aromatic rings. The summed E-state index contributed by atoms with van der Waals surface area (Å²) in [6.07, 6.45) is 0. The van der Waals surface area contributed by atoms with Crippen LogP contribution in [0, 0.1) is 0 Å². The Balaban J connectivity index is 0. The minimum atomic E-state index is -4.37. The van der Waals surface area contributed by atoms with E-state index in [1.807, 2.05) is 6.07 Å². The molecule has 78 valence electrons. The Hall–Kier alpha value is 2.40. The van der Waals surface area contributed by atoms with E-state index in [9.17, 15) is 4.57 Å². The summed E-state index contributed by atoms with van der Waals surface area (Å²) in [5.74, 6) is 0.641.